The van der Waals surface area contributed by atoms with E-state index in [1.807, 2.05) is 24.3 Å². The largest absolute Gasteiger partial charge is 0.486 e. The normalized spacial score (nSPS) is 13.3. The molecule has 0 saturated heterocycles. The van der Waals surface area contributed by atoms with Gasteiger partial charge in [0.2, 0.25) is 0 Å². The second kappa shape index (κ2) is 5.79. The number of anilines is 1. The fourth-order valence-corrected chi connectivity index (χ4v) is 2.55. The van der Waals surface area contributed by atoms with E-state index in [2.05, 4.69) is 28.2 Å². The lowest BCUT2D eigenvalue weighted by Gasteiger charge is -2.20. The average Bonchev–Trinajstić information content (AvgIpc) is 2.93. The molecule has 0 radical (unpaired) electrons. The van der Waals surface area contributed by atoms with Gasteiger partial charge in [0.05, 0.1) is 12.2 Å². The molecule has 2 heterocycles. The number of ether oxygens (including phenoxy) is 2. The van der Waals surface area contributed by atoms with E-state index in [4.69, 9.17) is 13.9 Å². The molecule has 1 aromatic heterocycles. The molecule has 0 saturated carbocycles. The standard InChI is InChI=1S/C15H16BrNO3/c1-2-10-3-4-11(20-10)9-17-13-8-15-14(7-12(13)16)18-5-6-19-15/h3-4,7-8,17H,2,5-6,9H2,1H3. The van der Waals surface area contributed by atoms with Crippen LogP contribution in [0.5, 0.6) is 11.5 Å². The number of benzene rings is 1. The zero-order valence-corrected chi connectivity index (χ0v) is 12.8. The Morgan fingerprint density at radius 2 is 1.80 bits per heavy atom. The topological polar surface area (TPSA) is 43.6 Å². The lowest BCUT2D eigenvalue weighted by Crippen LogP contribution is -2.15. The van der Waals surface area contributed by atoms with Crippen LogP contribution in [0.2, 0.25) is 0 Å². The van der Waals surface area contributed by atoms with Crippen molar-refractivity contribution in [1.82, 2.24) is 0 Å². The molecule has 0 spiro atoms. The molecular weight excluding hydrogens is 322 g/mol. The van der Waals surface area contributed by atoms with E-state index in [0.29, 0.717) is 19.8 Å². The van der Waals surface area contributed by atoms with Crippen molar-refractivity contribution >= 4 is 21.6 Å². The fourth-order valence-electron chi connectivity index (χ4n) is 2.09. The number of rotatable bonds is 4. The Morgan fingerprint density at radius 1 is 1.10 bits per heavy atom. The van der Waals surface area contributed by atoms with Crippen LogP contribution in [-0.2, 0) is 13.0 Å². The van der Waals surface area contributed by atoms with Crippen LogP contribution < -0.4 is 14.8 Å². The van der Waals surface area contributed by atoms with Gasteiger partial charge in [-0.25, -0.2) is 0 Å². The van der Waals surface area contributed by atoms with Gasteiger partial charge in [-0.15, -0.1) is 0 Å². The smallest absolute Gasteiger partial charge is 0.163 e. The first-order chi connectivity index (χ1) is 9.76. The molecule has 20 heavy (non-hydrogen) atoms. The number of furan rings is 1. The summed E-state index contributed by atoms with van der Waals surface area (Å²) < 4.78 is 17.7. The van der Waals surface area contributed by atoms with Crippen LogP contribution in [0.1, 0.15) is 18.4 Å². The van der Waals surface area contributed by atoms with Crippen molar-refractivity contribution in [3.05, 3.63) is 40.3 Å². The van der Waals surface area contributed by atoms with Crippen molar-refractivity contribution < 1.29 is 13.9 Å². The SMILES string of the molecule is CCc1ccc(CNc2cc3c(cc2Br)OCCO3)o1. The molecule has 0 unspecified atom stereocenters. The van der Waals surface area contributed by atoms with Crippen molar-refractivity contribution in [3.63, 3.8) is 0 Å². The van der Waals surface area contributed by atoms with Gasteiger partial charge in [-0.2, -0.15) is 0 Å². The van der Waals surface area contributed by atoms with Crippen molar-refractivity contribution in [1.29, 1.82) is 0 Å². The number of nitrogens with one attached hydrogen (secondary N) is 1. The molecule has 1 aromatic carbocycles. The molecule has 0 aliphatic carbocycles. The van der Waals surface area contributed by atoms with Gasteiger partial charge in [-0.1, -0.05) is 6.92 Å². The molecule has 0 amide bonds. The van der Waals surface area contributed by atoms with Gasteiger partial charge in [-0.3, -0.25) is 0 Å². The first-order valence-corrected chi connectivity index (χ1v) is 7.46. The Hall–Kier alpha value is -1.62. The van der Waals surface area contributed by atoms with E-state index >= 15 is 0 Å². The molecule has 2 aromatic rings. The molecule has 106 valence electrons. The summed E-state index contributed by atoms with van der Waals surface area (Å²) in [5.41, 5.74) is 0.962. The Balaban J connectivity index is 1.73. The maximum absolute atomic E-state index is 5.67. The molecule has 1 N–H and O–H groups in total. The van der Waals surface area contributed by atoms with E-state index < -0.39 is 0 Å². The molecule has 0 atom stereocenters. The molecule has 4 nitrogen and oxygen atoms in total. The fraction of sp³-hybridized carbons (Fsp3) is 0.333. The van der Waals surface area contributed by atoms with Gasteiger partial charge in [-0.05, 0) is 28.1 Å². The maximum atomic E-state index is 5.67. The third-order valence-corrected chi connectivity index (χ3v) is 3.81. The summed E-state index contributed by atoms with van der Waals surface area (Å²) in [6.45, 7) is 3.90. The van der Waals surface area contributed by atoms with Gasteiger partial charge < -0.3 is 19.2 Å². The van der Waals surface area contributed by atoms with Crippen molar-refractivity contribution in [2.75, 3.05) is 18.5 Å². The highest BCUT2D eigenvalue weighted by atomic mass is 79.9. The summed E-state index contributed by atoms with van der Waals surface area (Å²) in [7, 11) is 0. The first-order valence-electron chi connectivity index (χ1n) is 6.67. The number of aryl methyl sites for hydroxylation is 1. The number of fused-ring (bicyclic) bond motifs is 1. The van der Waals surface area contributed by atoms with Crippen molar-refractivity contribution in [2.24, 2.45) is 0 Å². The highest BCUT2D eigenvalue weighted by Crippen LogP contribution is 2.38. The minimum atomic E-state index is 0.589. The average molecular weight is 338 g/mol. The third-order valence-electron chi connectivity index (χ3n) is 3.15. The summed E-state index contributed by atoms with van der Waals surface area (Å²) in [5.74, 6) is 3.47. The molecule has 1 aliphatic heterocycles. The summed E-state index contributed by atoms with van der Waals surface area (Å²) in [4.78, 5) is 0. The molecule has 0 bridgehead atoms. The summed E-state index contributed by atoms with van der Waals surface area (Å²) >= 11 is 3.54. The zero-order valence-electron chi connectivity index (χ0n) is 11.2. The lowest BCUT2D eigenvalue weighted by atomic mass is 10.2. The maximum Gasteiger partial charge on any atom is 0.163 e. The van der Waals surface area contributed by atoms with Crippen molar-refractivity contribution in [3.8, 4) is 11.5 Å². The van der Waals surface area contributed by atoms with Crippen LogP contribution in [-0.4, -0.2) is 13.2 Å². The van der Waals surface area contributed by atoms with E-state index in [1.54, 1.807) is 0 Å². The number of hydrogen-bond acceptors (Lipinski definition) is 4. The third kappa shape index (κ3) is 2.77. The number of hydrogen-bond donors (Lipinski definition) is 1. The predicted octanol–water partition coefficient (Wildman–Crippen LogP) is 3.99. The highest BCUT2D eigenvalue weighted by molar-refractivity contribution is 9.10. The van der Waals surface area contributed by atoms with Crippen LogP contribution in [0.15, 0.2) is 33.2 Å². The molecule has 3 rings (SSSR count). The van der Waals surface area contributed by atoms with E-state index in [0.717, 1.165) is 39.6 Å². The molecule has 0 fully saturated rings. The zero-order chi connectivity index (χ0) is 13.9. The van der Waals surface area contributed by atoms with Crippen LogP contribution in [0, 0.1) is 0 Å². The minimum Gasteiger partial charge on any atom is -0.486 e. The summed E-state index contributed by atoms with van der Waals surface area (Å²) in [6, 6.07) is 7.88. The van der Waals surface area contributed by atoms with Gasteiger partial charge in [0.15, 0.2) is 11.5 Å². The Morgan fingerprint density at radius 3 is 2.50 bits per heavy atom. The van der Waals surface area contributed by atoms with E-state index in [9.17, 15) is 0 Å². The lowest BCUT2D eigenvalue weighted by molar-refractivity contribution is 0.171. The second-order valence-electron chi connectivity index (χ2n) is 4.55. The minimum absolute atomic E-state index is 0.589. The summed E-state index contributed by atoms with van der Waals surface area (Å²) in [6.07, 6.45) is 0.910. The Labute approximate surface area is 126 Å². The summed E-state index contributed by atoms with van der Waals surface area (Å²) in [5, 5.41) is 3.34. The highest BCUT2D eigenvalue weighted by Gasteiger charge is 2.15. The van der Waals surface area contributed by atoms with Crippen LogP contribution in [0.3, 0.4) is 0 Å². The van der Waals surface area contributed by atoms with Gasteiger partial charge in [0.1, 0.15) is 24.7 Å². The molecule has 5 heteroatoms. The quantitative estimate of drug-likeness (QED) is 0.916. The second-order valence-corrected chi connectivity index (χ2v) is 5.41. The first kappa shape index (κ1) is 13.4. The van der Waals surface area contributed by atoms with Crippen LogP contribution in [0.25, 0.3) is 0 Å². The Kier molecular flexibility index (Phi) is 3.87. The van der Waals surface area contributed by atoms with Crippen LogP contribution >= 0.6 is 15.9 Å². The van der Waals surface area contributed by atoms with Gasteiger partial charge >= 0.3 is 0 Å². The molecule has 1 aliphatic rings. The molecular formula is C15H16BrNO3. The van der Waals surface area contributed by atoms with E-state index in [-0.39, 0.29) is 0 Å². The number of halogens is 1. The monoisotopic (exact) mass is 337 g/mol. The van der Waals surface area contributed by atoms with E-state index in [1.165, 1.54) is 0 Å². The predicted molar refractivity (Wildman–Crippen MR) is 80.5 cm³/mol. The Bertz CT molecular complexity index is 609. The van der Waals surface area contributed by atoms with Gasteiger partial charge in [0.25, 0.3) is 0 Å². The van der Waals surface area contributed by atoms with Gasteiger partial charge in [0, 0.05) is 23.0 Å². The van der Waals surface area contributed by atoms with Crippen molar-refractivity contribution in [2.45, 2.75) is 19.9 Å². The van der Waals surface area contributed by atoms with Crippen LogP contribution in [0.4, 0.5) is 5.69 Å².